The van der Waals surface area contributed by atoms with Gasteiger partial charge in [-0.1, -0.05) is 133 Å². The van der Waals surface area contributed by atoms with Gasteiger partial charge in [-0.15, -0.1) is 11.3 Å². The second-order valence-electron chi connectivity index (χ2n) is 12.5. The Kier molecular flexibility index (Phi) is 6.39. The molecule has 0 aliphatic carbocycles. The minimum absolute atomic E-state index is 0.869. The molecule has 0 fully saturated rings. The van der Waals surface area contributed by atoms with Gasteiger partial charge < -0.3 is 9.32 Å². The molecule has 2 aromatic heterocycles. The minimum Gasteiger partial charge on any atom is -0.454 e. The smallest absolute Gasteiger partial charge is 0.159 e. The van der Waals surface area contributed by atoms with Crippen LogP contribution < -0.4 is 4.90 Å². The van der Waals surface area contributed by atoms with E-state index in [1.54, 1.807) is 0 Å². The number of anilines is 3. The summed E-state index contributed by atoms with van der Waals surface area (Å²) in [6, 6.07) is 63.2. The van der Waals surface area contributed by atoms with E-state index in [4.69, 9.17) is 4.42 Å². The molecule has 2 nitrogen and oxygen atoms in total. The highest BCUT2D eigenvalue weighted by atomic mass is 32.1. The highest BCUT2D eigenvalue weighted by Gasteiger charge is 2.22. The Hall–Kier alpha value is -6.16. The number of rotatable bonds is 5. The molecule has 0 aliphatic heterocycles. The zero-order valence-corrected chi connectivity index (χ0v) is 27.3. The molecule has 0 unspecified atom stereocenters. The van der Waals surface area contributed by atoms with Gasteiger partial charge in [0.25, 0.3) is 0 Å². The lowest BCUT2D eigenvalue weighted by Crippen LogP contribution is -2.11. The Morgan fingerprint density at radius 3 is 2.02 bits per heavy atom. The van der Waals surface area contributed by atoms with Crippen LogP contribution in [0, 0.1) is 0 Å². The van der Waals surface area contributed by atoms with E-state index >= 15 is 0 Å². The van der Waals surface area contributed by atoms with Gasteiger partial charge in [0.15, 0.2) is 5.58 Å². The predicted octanol–water partition coefficient (Wildman–Crippen LogP) is 13.9. The quantitative estimate of drug-likeness (QED) is 0.186. The first-order chi connectivity index (χ1) is 24.3. The highest BCUT2D eigenvalue weighted by Crippen LogP contribution is 2.47. The van der Waals surface area contributed by atoms with Gasteiger partial charge in [0.1, 0.15) is 5.58 Å². The van der Waals surface area contributed by atoms with E-state index in [9.17, 15) is 0 Å². The van der Waals surface area contributed by atoms with Crippen LogP contribution in [-0.2, 0) is 0 Å². The van der Waals surface area contributed by atoms with E-state index in [0.717, 1.165) is 44.6 Å². The van der Waals surface area contributed by atoms with Crippen LogP contribution in [0.3, 0.4) is 0 Å². The predicted molar refractivity (Wildman–Crippen MR) is 210 cm³/mol. The van der Waals surface area contributed by atoms with E-state index in [0.29, 0.717) is 0 Å². The number of thiophene rings is 1. The van der Waals surface area contributed by atoms with Crippen molar-refractivity contribution in [2.24, 2.45) is 0 Å². The number of hydrogen-bond donors (Lipinski definition) is 0. The second kappa shape index (κ2) is 11.2. The van der Waals surface area contributed by atoms with Crippen molar-refractivity contribution in [3.05, 3.63) is 176 Å². The van der Waals surface area contributed by atoms with Crippen molar-refractivity contribution < 1.29 is 4.42 Å². The first-order valence-corrected chi connectivity index (χ1v) is 17.4. The SMILES string of the molecule is c1cc(-c2cccc3ccccc23)cc(N(c2ccccc2-c2ccc3c(c2)sc2ccccc23)c2cccc3c2oc2ccccc23)c1. The largest absolute Gasteiger partial charge is 0.454 e. The molecule has 0 atom stereocenters. The molecule has 0 aliphatic rings. The van der Waals surface area contributed by atoms with Gasteiger partial charge in [0.05, 0.1) is 11.4 Å². The van der Waals surface area contributed by atoms with Crippen LogP contribution in [-0.4, -0.2) is 0 Å². The number of nitrogens with zero attached hydrogens (tertiary/aromatic N) is 1. The third-order valence-electron chi connectivity index (χ3n) is 9.66. The molecular formula is C46H29NOS. The van der Waals surface area contributed by atoms with Crippen molar-refractivity contribution >= 4 is 81.3 Å². The number of hydrogen-bond acceptors (Lipinski definition) is 3. The fourth-order valence-electron chi connectivity index (χ4n) is 7.41. The first-order valence-electron chi connectivity index (χ1n) is 16.6. The summed E-state index contributed by atoms with van der Waals surface area (Å²) in [5, 5.41) is 7.31. The highest BCUT2D eigenvalue weighted by molar-refractivity contribution is 7.25. The third-order valence-corrected chi connectivity index (χ3v) is 10.8. The van der Waals surface area contributed by atoms with Crippen LogP contribution in [0.25, 0.3) is 75.1 Å². The summed E-state index contributed by atoms with van der Waals surface area (Å²) in [5.41, 5.74) is 9.63. The molecule has 49 heavy (non-hydrogen) atoms. The topological polar surface area (TPSA) is 16.4 Å². The molecule has 8 aromatic carbocycles. The molecule has 0 amide bonds. The third kappa shape index (κ3) is 4.55. The number of furan rings is 1. The lowest BCUT2D eigenvalue weighted by molar-refractivity contribution is 0.669. The monoisotopic (exact) mass is 643 g/mol. The standard InChI is InChI=1S/C46H29NOS/c1-2-16-34-30(12-1)13-10-20-35(34)31-14-9-15-33(28-31)47(42-23-11-21-40-37-18-4-7-24-43(37)48-46(40)42)41-22-6-3-17-36(41)32-26-27-39-38-19-5-8-25-44(38)49-45(39)29-32/h1-29H. The maximum absolute atomic E-state index is 6.68. The van der Waals surface area contributed by atoms with Gasteiger partial charge >= 0.3 is 0 Å². The molecule has 10 aromatic rings. The fraction of sp³-hybridized carbons (Fsp3) is 0. The molecule has 3 heteroatoms. The van der Waals surface area contributed by atoms with Gasteiger partial charge in [-0.25, -0.2) is 0 Å². The molecule has 0 saturated carbocycles. The van der Waals surface area contributed by atoms with E-state index in [2.05, 4.69) is 175 Å². The Balaban J connectivity index is 1.22. The van der Waals surface area contributed by atoms with Gasteiger partial charge in [-0.2, -0.15) is 0 Å². The molecule has 0 bridgehead atoms. The lowest BCUT2D eigenvalue weighted by atomic mass is 9.97. The van der Waals surface area contributed by atoms with E-state index in [1.165, 1.54) is 47.6 Å². The number of benzene rings is 8. The summed E-state index contributed by atoms with van der Waals surface area (Å²) in [5.74, 6) is 0. The van der Waals surface area contributed by atoms with Crippen molar-refractivity contribution in [3.63, 3.8) is 0 Å². The van der Waals surface area contributed by atoms with Crippen LogP contribution in [0.1, 0.15) is 0 Å². The van der Waals surface area contributed by atoms with E-state index in [-0.39, 0.29) is 0 Å². The number of fused-ring (bicyclic) bond motifs is 7. The zero-order chi connectivity index (χ0) is 32.3. The zero-order valence-electron chi connectivity index (χ0n) is 26.5. The van der Waals surface area contributed by atoms with Gasteiger partial charge in [-0.3, -0.25) is 0 Å². The summed E-state index contributed by atoms with van der Waals surface area (Å²) in [7, 11) is 0. The number of para-hydroxylation sites is 3. The van der Waals surface area contributed by atoms with E-state index in [1.807, 2.05) is 17.4 Å². The first kappa shape index (κ1) is 27.9. The van der Waals surface area contributed by atoms with Crippen molar-refractivity contribution in [3.8, 4) is 22.3 Å². The second-order valence-corrected chi connectivity index (χ2v) is 13.6. The van der Waals surface area contributed by atoms with Crippen molar-refractivity contribution in [1.29, 1.82) is 0 Å². The fourth-order valence-corrected chi connectivity index (χ4v) is 8.56. The summed E-state index contributed by atoms with van der Waals surface area (Å²) in [6.07, 6.45) is 0. The minimum atomic E-state index is 0.869. The van der Waals surface area contributed by atoms with Crippen LogP contribution in [0.15, 0.2) is 180 Å². The van der Waals surface area contributed by atoms with Crippen LogP contribution in [0.5, 0.6) is 0 Å². The summed E-state index contributed by atoms with van der Waals surface area (Å²) >= 11 is 1.85. The van der Waals surface area contributed by atoms with Crippen molar-refractivity contribution in [2.45, 2.75) is 0 Å². The molecular weight excluding hydrogens is 615 g/mol. The average Bonchev–Trinajstić information content (AvgIpc) is 3.74. The van der Waals surface area contributed by atoms with Gasteiger partial charge in [0, 0.05) is 42.2 Å². The molecule has 10 rings (SSSR count). The Bertz CT molecular complexity index is 2850. The average molecular weight is 644 g/mol. The van der Waals surface area contributed by atoms with Crippen LogP contribution >= 0.6 is 11.3 Å². The molecule has 2 heterocycles. The van der Waals surface area contributed by atoms with Crippen LogP contribution in [0.4, 0.5) is 17.1 Å². The Morgan fingerprint density at radius 2 is 1.06 bits per heavy atom. The molecule has 0 radical (unpaired) electrons. The lowest BCUT2D eigenvalue weighted by Gasteiger charge is -2.28. The normalized spacial score (nSPS) is 11.7. The van der Waals surface area contributed by atoms with E-state index < -0.39 is 0 Å². The summed E-state index contributed by atoms with van der Waals surface area (Å²) in [4.78, 5) is 2.38. The van der Waals surface area contributed by atoms with Gasteiger partial charge in [-0.05, 0) is 69.9 Å². The molecule has 230 valence electrons. The maximum Gasteiger partial charge on any atom is 0.159 e. The summed E-state index contributed by atoms with van der Waals surface area (Å²) < 4.78 is 9.28. The van der Waals surface area contributed by atoms with Gasteiger partial charge in [0.2, 0.25) is 0 Å². The van der Waals surface area contributed by atoms with Crippen LogP contribution in [0.2, 0.25) is 0 Å². The molecule has 0 N–H and O–H groups in total. The molecule has 0 saturated heterocycles. The van der Waals surface area contributed by atoms with Crippen molar-refractivity contribution in [1.82, 2.24) is 0 Å². The Morgan fingerprint density at radius 1 is 0.408 bits per heavy atom. The summed E-state index contributed by atoms with van der Waals surface area (Å²) in [6.45, 7) is 0. The Labute approximate surface area is 287 Å². The van der Waals surface area contributed by atoms with Crippen molar-refractivity contribution in [2.75, 3.05) is 4.90 Å². The maximum atomic E-state index is 6.68. The molecule has 0 spiro atoms.